The van der Waals surface area contributed by atoms with Gasteiger partial charge >= 0.3 is 0 Å². The fourth-order valence-corrected chi connectivity index (χ4v) is 4.19. The minimum atomic E-state index is -0.572. The third-order valence-electron chi connectivity index (χ3n) is 6.23. The average Bonchev–Trinajstić information content (AvgIpc) is 2.99. The molecular formula is C25H26ClN3O3. The number of rotatable bonds is 4. The molecule has 0 unspecified atom stereocenters. The largest absolute Gasteiger partial charge is 0.350 e. The molecule has 0 aliphatic carbocycles. The molecule has 4 rings (SSSR count). The Morgan fingerprint density at radius 2 is 1.72 bits per heavy atom. The van der Waals surface area contributed by atoms with Gasteiger partial charge in [0.15, 0.2) is 0 Å². The topological polar surface area (TPSA) is 69.7 Å². The van der Waals surface area contributed by atoms with E-state index in [4.69, 9.17) is 11.6 Å². The van der Waals surface area contributed by atoms with Gasteiger partial charge < -0.3 is 10.2 Å². The van der Waals surface area contributed by atoms with Crippen molar-refractivity contribution < 1.29 is 14.4 Å². The number of anilines is 2. The lowest BCUT2D eigenvalue weighted by Crippen LogP contribution is -2.37. The van der Waals surface area contributed by atoms with Gasteiger partial charge in [0, 0.05) is 24.3 Å². The van der Waals surface area contributed by atoms with Gasteiger partial charge in [-0.1, -0.05) is 30.7 Å². The number of hydrogen-bond donors (Lipinski definition) is 1. The molecule has 0 bridgehead atoms. The summed E-state index contributed by atoms with van der Waals surface area (Å²) >= 11 is 6.26. The molecule has 0 atom stereocenters. The van der Waals surface area contributed by atoms with Crippen LogP contribution in [-0.2, 0) is 9.59 Å². The zero-order valence-electron chi connectivity index (χ0n) is 18.4. The number of piperidine rings is 1. The van der Waals surface area contributed by atoms with Crippen LogP contribution in [0.1, 0.15) is 41.3 Å². The lowest BCUT2D eigenvalue weighted by Gasteiger charge is -2.30. The summed E-state index contributed by atoms with van der Waals surface area (Å²) in [5.74, 6) is -0.499. The van der Waals surface area contributed by atoms with Crippen LogP contribution >= 0.6 is 11.6 Å². The third kappa shape index (κ3) is 4.15. The van der Waals surface area contributed by atoms with Crippen molar-refractivity contribution in [1.82, 2.24) is 4.90 Å². The number of nitrogens with zero attached hydrogens (tertiary/aromatic N) is 2. The van der Waals surface area contributed by atoms with Crippen molar-refractivity contribution in [2.75, 3.05) is 23.3 Å². The number of carbonyl (C=O) groups excluding carboxylic acids is 3. The van der Waals surface area contributed by atoms with E-state index in [0.717, 1.165) is 42.0 Å². The number of likely N-dealkylation sites (tertiary alicyclic amines) is 1. The van der Waals surface area contributed by atoms with Crippen molar-refractivity contribution in [2.45, 2.75) is 33.6 Å². The molecule has 1 fully saturated rings. The quantitative estimate of drug-likeness (QED) is 0.689. The zero-order chi connectivity index (χ0) is 23.0. The van der Waals surface area contributed by atoms with E-state index in [2.05, 4.69) is 12.2 Å². The normalized spacial score (nSPS) is 17.4. The third-order valence-corrected chi connectivity index (χ3v) is 6.58. The van der Waals surface area contributed by atoms with E-state index in [1.54, 1.807) is 36.4 Å². The summed E-state index contributed by atoms with van der Waals surface area (Å²) in [6, 6.07) is 12.3. The Kier molecular flexibility index (Phi) is 6.07. The van der Waals surface area contributed by atoms with Crippen LogP contribution < -0.4 is 10.2 Å². The van der Waals surface area contributed by atoms with E-state index >= 15 is 0 Å². The Bertz CT molecular complexity index is 1130. The molecule has 0 radical (unpaired) electrons. The number of carbonyl (C=O) groups is 3. The van der Waals surface area contributed by atoms with Crippen molar-refractivity contribution in [1.29, 1.82) is 0 Å². The molecule has 32 heavy (non-hydrogen) atoms. The Labute approximate surface area is 192 Å². The van der Waals surface area contributed by atoms with Gasteiger partial charge in [-0.15, -0.1) is 0 Å². The summed E-state index contributed by atoms with van der Waals surface area (Å²) < 4.78 is 0. The van der Waals surface area contributed by atoms with Crippen molar-refractivity contribution in [3.63, 3.8) is 0 Å². The molecule has 1 saturated heterocycles. The van der Waals surface area contributed by atoms with E-state index in [1.807, 2.05) is 24.8 Å². The zero-order valence-corrected chi connectivity index (χ0v) is 19.2. The lowest BCUT2D eigenvalue weighted by atomic mass is 9.98. The minimum Gasteiger partial charge on any atom is -0.350 e. The van der Waals surface area contributed by atoms with Gasteiger partial charge in [0.25, 0.3) is 17.7 Å². The number of benzene rings is 2. The number of imide groups is 1. The highest BCUT2D eigenvalue weighted by Crippen LogP contribution is 2.31. The highest BCUT2D eigenvalue weighted by atomic mass is 35.5. The highest BCUT2D eigenvalue weighted by molar-refractivity contribution is 6.53. The number of amides is 3. The Morgan fingerprint density at radius 1 is 1.00 bits per heavy atom. The second kappa shape index (κ2) is 8.79. The van der Waals surface area contributed by atoms with Crippen LogP contribution in [0.3, 0.4) is 0 Å². The Hall–Kier alpha value is -3.12. The second-order valence-electron chi connectivity index (χ2n) is 8.58. The van der Waals surface area contributed by atoms with Crippen molar-refractivity contribution in [3.05, 3.63) is 69.9 Å². The van der Waals surface area contributed by atoms with Gasteiger partial charge in [-0.05, 0) is 74.1 Å². The van der Waals surface area contributed by atoms with Crippen molar-refractivity contribution in [2.24, 2.45) is 5.92 Å². The van der Waals surface area contributed by atoms with Crippen LogP contribution in [0.5, 0.6) is 0 Å². The van der Waals surface area contributed by atoms with Gasteiger partial charge in [-0.25, -0.2) is 4.90 Å². The van der Waals surface area contributed by atoms with Crippen LogP contribution in [0.4, 0.5) is 11.4 Å². The molecule has 2 aromatic carbocycles. The monoisotopic (exact) mass is 451 g/mol. The maximum atomic E-state index is 13.0. The van der Waals surface area contributed by atoms with Crippen LogP contribution in [0.25, 0.3) is 0 Å². The van der Waals surface area contributed by atoms with Crippen molar-refractivity contribution in [3.8, 4) is 0 Å². The first-order chi connectivity index (χ1) is 15.3. The summed E-state index contributed by atoms with van der Waals surface area (Å²) in [4.78, 5) is 41.6. The first-order valence-electron chi connectivity index (χ1n) is 10.8. The van der Waals surface area contributed by atoms with E-state index in [0.29, 0.717) is 22.9 Å². The number of aryl methyl sites for hydroxylation is 2. The molecule has 1 N–H and O–H groups in total. The molecule has 7 heteroatoms. The molecular weight excluding hydrogens is 426 g/mol. The average molecular weight is 452 g/mol. The standard InChI is InChI=1S/C25H26ClN3O3/c1-15-9-11-28(12-10-15)23(30)18-5-4-6-19(14-18)27-22-21(26)24(31)29(25(22)32)20-8-7-16(2)17(3)13-20/h4-8,13-15,27H,9-12H2,1-3H3. The summed E-state index contributed by atoms with van der Waals surface area (Å²) in [6.07, 6.45) is 1.99. The first-order valence-corrected chi connectivity index (χ1v) is 11.2. The van der Waals surface area contributed by atoms with Crippen LogP contribution in [-0.4, -0.2) is 35.7 Å². The first kappa shape index (κ1) is 22.1. The van der Waals surface area contributed by atoms with Gasteiger partial charge in [0.2, 0.25) is 0 Å². The smallest absolute Gasteiger partial charge is 0.283 e. The molecule has 3 amide bonds. The van der Waals surface area contributed by atoms with Gasteiger partial charge in [0.1, 0.15) is 10.7 Å². The van der Waals surface area contributed by atoms with Crippen molar-refractivity contribution >= 4 is 40.7 Å². The van der Waals surface area contributed by atoms with E-state index in [1.165, 1.54) is 0 Å². The van der Waals surface area contributed by atoms with E-state index in [9.17, 15) is 14.4 Å². The summed E-state index contributed by atoms with van der Waals surface area (Å²) in [5.41, 5.74) is 3.57. The SMILES string of the molecule is Cc1ccc(N2C(=O)C(Cl)=C(Nc3cccc(C(=O)N4CCC(C)CC4)c3)C2=O)cc1C. The molecule has 0 aromatic heterocycles. The number of hydrogen-bond acceptors (Lipinski definition) is 4. The maximum Gasteiger partial charge on any atom is 0.283 e. The minimum absolute atomic E-state index is 0.00583. The molecule has 2 aromatic rings. The molecule has 0 spiro atoms. The Morgan fingerprint density at radius 3 is 2.41 bits per heavy atom. The highest BCUT2D eigenvalue weighted by Gasteiger charge is 2.39. The molecule has 2 aliphatic heterocycles. The fraction of sp³-hybridized carbons (Fsp3) is 0.320. The van der Waals surface area contributed by atoms with Gasteiger partial charge in [-0.3, -0.25) is 14.4 Å². The predicted octanol–water partition coefficient (Wildman–Crippen LogP) is 4.61. The molecule has 2 aliphatic rings. The fourth-order valence-electron chi connectivity index (χ4n) is 3.98. The maximum absolute atomic E-state index is 13.0. The molecule has 166 valence electrons. The second-order valence-corrected chi connectivity index (χ2v) is 8.96. The van der Waals surface area contributed by atoms with Gasteiger partial charge in [-0.2, -0.15) is 0 Å². The van der Waals surface area contributed by atoms with Crippen LogP contribution in [0.2, 0.25) is 0 Å². The Balaban J connectivity index is 1.54. The summed E-state index contributed by atoms with van der Waals surface area (Å²) in [5, 5.41) is 2.80. The summed E-state index contributed by atoms with van der Waals surface area (Å²) in [6.45, 7) is 7.57. The van der Waals surface area contributed by atoms with E-state index < -0.39 is 11.8 Å². The molecule has 6 nitrogen and oxygen atoms in total. The molecule has 2 heterocycles. The lowest BCUT2D eigenvalue weighted by molar-refractivity contribution is -0.120. The summed E-state index contributed by atoms with van der Waals surface area (Å²) in [7, 11) is 0. The van der Waals surface area contributed by atoms with E-state index in [-0.39, 0.29) is 16.6 Å². The molecule has 0 saturated carbocycles. The van der Waals surface area contributed by atoms with Crippen LogP contribution in [0, 0.1) is 19.8 Å². The predicted molar refractivity (Wildman–Crippen MR) is 126 cm³/mol. The number of halogens is 1. The number of nitrogens with one attached hydrogen (secondary N) is 1. The van der Waals surface area contributed by atoms with Gasteiger partial charge in [0.05, 0.1) is 5.69 Å². The van der Waals surface area contributed by atoms with Crippen LogP contribution in [0.15, 0.2) is 53.2 Å².